The molecule has 1 aliphatic heterocycles. The summed E-state index contributed by atoms with van der Waals surface area (Å²) >= 11 is 0. The fraction of sp³-hybridized carbons (Fsp3) is 0.464. The zero-order valence-electron chi connectivity index (χ0n) is 20.6. The summed E-state index contributed by atoms with van der Waals surface area (Å²) in [6.45, 7) is 7.53. The van der Waals surface area contributed by atoms with Crippen LogP contribution in [0.3, 0.4) is 0 Å². The summed E-state index contributed by atoms with van der Waals surface area (Å²) in [5, 5.41) is 3.01. The third-order valence-electron chi connectivity index (χ3n) is 6.48. The van der Waals surface area contributed by atoms with E-state index in [-0.39, 0.29) is 17.2 Å². The lowest BCUT2D eigenvalue weighted by atomic mass is 9.96. The van der Waals surface area contributed by atoms with Crippen molar-refractivity contribution < 1.29 is 9.59 Å². The molecule has 1 aromatic heterocycles. The van der Waals surface area contributed by atoms with E-state index in [0.29, 0.717) is 13.1 Å². The van der Waals surface area contributed by atoms with Gasteiger partial charge in [0.1, 0.15) is 12.4 Å². The molecule has 1 N–H and O–H groups in total. The number of hydrogen-bond acceptors (Lipinski definition) is 3. The van der Waals surface area contributed by atoms with Gasteiger partial charge in [-0.3, -0.25) is 9.59 Å². The Hall–Kier alpha value is -3.15. The molecule has 3 aromatic rings. The Bertz CT molecular complexity index is 1160. The van der Waals surface area contributed by atoms with E-state index in [1.165, 1.54) is 5.56 Å². The maximum atomic E-state index is 13.4. The number of nitrogens with zero attached hydrogens (tertiary/aromatic N) is 3. The highest BCUT2D eigenvalue weighted by molar-refractivity contribution is 5.95. The van der Waals surface area contributed by atoms with Crippen LogP contribution in [0.4, 0.5) is 5.69 Å². The molecular formula is C28H36N4O2. The summed E-state index contributed by atoms with van der Waals surface area (Å²) in [6.07, 6.45) is 5.73. The summed E-state index contributed by atoms with van der Waals surface area (Å²) in [4.78, 5) is 32.2. The molecule has 0 bridgehead atoms. The number of carbonyl (C=O) groups excluding carboxylic acids is 2. The largest absolute Gasteiger partial charge is 0.356 e. The molecular weight excluding hydrogens is 424 g/mol. The Morgan fingerprint density at radius 1 is 1.00 bits per heavy atom. The lowest BCUT2D eigenvalue weighted by molar-refractivity contribution is -0.128. The Morgan fingerprint density at radius 2 is 1.76 bits per heavy atom. The summed E-state index contributed by atoms with van der Waals surface area (Å²) in [7, 11) is 0. The predicted molar refractivity (Wildman–Crippen MR) is 137 cm³/mol. The number of hydrogen-bond donors (Lipinski definition) is 1. The third-order valence-corrected chi connectivity index (χ3v) is 6.48. The number of imidazole rings is 1. The minimum absolute atomic E-state index is 0.0899. The summed E-state index contributed by atoms with van der Waals surface area (Å²) in [5.41, 5.74) is 3.88. The summed E-state index contributed by atoms with van der Waals surface area (Å²) < 4.78 is 2.09. The maximum absolute atomic E-state index is 13.4. The molecule has 6 nitrogen and oxygen atoms in total. The van der Waals surface area contributed by atoms with Crippen molar-refractivity contribution in [3.63, 3.8) is 0 Å². The average molecular weight is 461 g/mol. The van der Waals surface area contributed by atoms with Crippen molar-refractivity contribution >= 4 is 28.5 Å². The first kappa shape index (κ1) is 24.0. The van der Waals surface area contributed by atoms with Crippen LogP contribution in [0.1, 0.15) is 57.8 Å². The van der Waals surface area contributed by atoms with E-state index in [1.54, 1.807) is 0 Å². The van der Waals surface area contributed by atoms with Crippen LogP contribution in [0.25, 0.3) is 11.0 Å². The molecule has 2 amide bonds. The number of amides is 2. The first-order valence-electron chi connectivity index (χ1n) is 12.5. The van der Waals surface area contributed by atoms with E-state index >= 15 is 0 Å². The van der Waals surface area contributed by atoms with Gasteiger partial charge in [-0.2, -0.15) is 0 Å². The van der Waals surface area contributed by atoms with Crippen molar-refractivity contribution in [3.8, 4) is 0 Å². The van der Waals surface area contributed by atoms with Gasteiger partial charge < -0.3 is 14.8 Å². The van der Waals surface area contributed by atoms with Crippen LogP contribution in [0.15, 0.2) is 48.5 Å². The number of anilines is 1. The van der Waals surface area contributed by atoms with Gasteiger partial charge in [0.2, 0.25) is 11.8 Å². The van der Waals surface area contributed by atoms with Crippen molar-refractivity contribution in [1.29, 1.82) is 0 Å². The maximum Gasteiger partial charge on any atom is 0.246 e. The highest BCUT2D eigenvalue weighted by Gasteiger charge is 2.24. The van der Waals surface area contributed by atoms with Crippen LogP contribution >= 0.6 is 0 Å². The fourth-order valence-electron chi connectivity index (χ4n) is 4.56. The second kappa shape index (κ2) is 10.4. The van der Waals surface area contributed by atoms with Gasteiger partial charge in [-0.25, -0.2) is 4.98 Å². The molecule has 0 saturated heterocycles. The van der Waals surface area contributed by atoms with Gasteiger partial charge in [-0.05, 0) is 49.4 Å². The second-order valence-electron chi connectivity index (χ2n) is 10.2. The van der Waals surface area contributed by atoms with Gasteiger partial charge in [0, 0.05) is 30.6 Å². The van der Waals surface area contributed by atoms with Gasteiger partial charge in [0.25, 0.3) is 0 Å². The van der Waals surface area contributed by atoms with E-state index in [9.17, 15) is 9.59 Å². The lowest BCUT2D eigenvalue weighted by Gasteiger charge is -2.29. The molecule has 0 saturated carbocycles. The number of unbranched alkanes of at least 4 members (excludes halogenated alkanes) is 2. The van der Waals surface area contributed by atoms with Crippen LogP contribution in [0.5, 0.6) is 0 Å². The van der Waals surface area contributed by atoms with Gasteiger partial charge in [0.05, 0.1) is 11.0 Å². The van der Waals surface area contributed by atoms with E-state index in [4.69, 9.17) is 4.98 Å². The number of nitrogens with one attached hydrogen (secondary N) is 1. The molecule has 180 valence electrons. The fourth-order valence-corrected chi connectivity index (χ4v) is 4.56. The molecule has 0 aliphatic carbocycles. The van der Waals surface area contributed by atoms with Crippen molar-refractivity contribution in [3.05, 3.63) is 59.9 Å². The van der Waals surface area contributed by atoms with Crippen LogP contribution < -0.4 is 10.2 Å². The van der Waals surface area contributed by atoms with Crippen molar-refractivity contribution in [2.75, 3.05) is 18.0 Å². The second-order valence-corrected chi connectivity index (χ2v) is 10.2. The number of para-hydroxylation sites is 3. The molecule has 2 heterocycles. The average Bonchev–Trinajstić information content (AvgIpc) is 3.17. The Balaban J connectivity index is 1.41. The Kier molecular flexibility index (Phi) is 7.35. The first-order chi connectivity index (χ1) is 16.3. The molecule has 0 spiro atoms. The number of aromatic nitrogens is 2. The van der Waals surface area contributed by atoms with Crippen molar-refractivity contribution in [2.24, 2.45) is 5.41 Å². The van der Waals surface area contributed by atoms with E-state index in [0.717, 1.165) is 67.6 Å². The van der Waals surface area contributed by atoms with Crippen LogP contribution in [-0.4, -0.2) is 34.5 Å². The van der Waals surface area contributed by atoms with Gasteiger partial charge in [0.15, 0.2) is 0 Å². The van der Waals surface area contributed by atoms with Crippen molar-refractivity contribution in [1.82, 2.24) is 14.9 Å². The molecule has 0 radical (unpaired) electrons. The number of fused-ring (bicyclic) bond motifs is 2. The molecule has 6 heteroatoms. The topological polar surface area (TPSA) is 67.2 Å². The van der Waals surface area contributed by atoms with Gasteiger partial charge >= 0.3 is 0 Å². The molecule has 2 aromatic carbocycles. The van der Waals surface area contributed by atoms with Crippen molar-refractivity contribution in [2.45, 2.75) is 65.8 Å². The Morgan fingerprint density at radius 3 is 2.59 bits per heavy atom. The monoisotopic (exact) mass is 460 g/mol. The zero-order valence-corrected chi connectivity index (χ0v) is 20.6. The van der Waals surface area contributed by atoms with Crippen LogP contribution in [0, 0.1) is 5.41 Å². The van der Waals surface area contributed by atoms with E-state index < -0.39 is 0 Å². The molecule has 4 rings (SSSR count). The summed E-state index contributed by atoms with van der Waals surface area (Å²) in [5.74, 6) is 1.16. The minimum Gasteiger partial charge on any atom is -0.356 e. The molecule has 1 aliphatic rings. The van der Waals surface area contributed by atoms with Gasteiger partial charge in [-0.15, -0.1) is 0 Å². The van der Waals surface area contributed by atoms with Crippen LogP contribution in [0.2, 0.25) is 0 Å². The predicted octanol–water partition coefficient (Wildman–Crippen LogP) is 4.89. The zero-order chi connectivity index (χ0) is 24.1. The number of rotatable bonds is 8. The SMILES string of the molecule is CC(C)(C)C(=O)NCCCCCc1nc2ccccc2n1CC(=O)N1CCCc2ccccc21. The first-order valence-corrected chi connectivity index (χ1v) is 12.5. The standard InChI is InChI=1S/C28H36N4O2/c1-28(2,3)27(34)29-18-10-4-5-17-25-30-22-14-7-9-16-24(22)32(25)20-26(33)31-19-11-13-21-12-6-8-15-23(21)31/h6-9,12,14-16H,4-5,10-11,13,17-20H2,1-3H3,(H,29,34). The normalized spacial score (nSPS) is 13.7. The van der Waals surface area contributed by atoms with E-state index in [2.05, 4.69) is 22.0 Å². The Labute approximate surface area is 202 Å². The number of aryl methyl sites for hydroxylation is 2. The van der Waals surface area contributed by atoms with Gasteiger partial charge in [-0.1, -0.05) is 57.5 Å². The smallest absolute Gasteiger partial charge is 0.246 e. The van der Waals surface area contributed by atoms with Crippen LogP contribution in [-0.2, 0) is 29.0 Å². The summed E-state index contributed by atoms with van der Waals surface area (Å²) in [6, 6.07) is 16.3. The van der Waals surface area contributed by atoms with E-state index in [1.807, 2.05) is 62.1 Å². The number of carbonyl (C=O) groups is 2. The highest BCUT2D eigenvalue weighted by Crippen LogP contribution is 2.27. The molecule has 34 heavy (non-hydrogen) atoms. The quantitative estimate of drug-likeness (QED) is 0.487. The minimum atomic E-state index is -0.355. The number of benzene rings is 2. The molecule has 0 atom stereocenters. The molecule has 0 fully saturated rings. The highest BCUT2D eigenvalue weighted by atomic mass is 16.2. The lowest BCUT2D eigenvalue weighted by Crippen LogP contribution is -2.38. The third kappa shape index (κ3) is 5.49. The molecule has 0 unspecified atom stereocenters.